The van der Waals surface area contributed by atoms with E-state index in [1.165, 1.54) is 82.7 Å². The van der Waals surface area contributed by atoms with E-state index in [2.05, 4.69) is 203 Å². The fourth-order valence-corrected chi connectivity index (χ4v) is 18.8. The number of aryl methyl sites for hydroxylation is 7. The van der Waals surface area contributed by atoms with Crippen LogP contribution in [0.25, 0.3) is 178 Å². The Labute approximate surface area is 651 Å². The zero-order valence-electron chi connectivity index (χ0n) is 65.0. The maximum Gasteiger partial charge on any atom is 0.341 e. The van der Waals surface area contributed by atoms with E-state index < -0.39 is 6.98 Å². The summed E-state index contributed by atoms with van der Waals surface area (Å²) in [5, 5.41) is 5.40. The average molecular weight is 1500 g/mol. The number of aromatic nitrogens is 23. The lowest BCUT2D eigenvalue weighted by Crippen LogP contribution is -2.33. The van der Waals surface area contributed by atoms with E-state index in [4.69, 9.17) is 18.5 Å². The molecule has 0 N–H and O–H groups in total. The summed E-state index contributed by atoms with van der Waals surface area (Å²) in [6.45, 7) is 3.00. The van der Waals surface area contributed by atoms with Crippen molar-refractivity contribution < 1.29 is 26.8 Å². The number of benzene rings is 2. The standard InChI is InChI=1S/C21H16N5.C20H14N4S.2C16H14N5.C15H11N4O/c1-24-18-16-8-5-10-23-19(16)26(15-6-3-2-4-7-15)21(18)25-13-14-9-11-22-12-17(14)20(24)25;1-13-9-11-21-12-16(13)18-23-20-17(15-8-5-10-22-19(15)25-20)24(18)14-6-3-2-4-7-14;2*1-19-13-11-4-3-6-18-14(11)20(2)16(13)21-9-10-5-7-17-8-12(10)15(19)21;1-18-12-10-3-2-5-17-13(10)20-15(12)19-8-9-4-6-16-7-11(9)14(18)19/h2-12H,13H2,1H3;2-12H,1H3;2*3-8H,9H2,1-2H3;2-7H,8H2,1H3/q+1;;3*+1/i;;2D3;;. The van der Waals surface area contributed by atoms with Crippen LogP contribution in [-0.2, 0) is 68.4 Å². The molecular formula is C88H69N23OS+4. The molecule has 0 aliphatic carbocycles. The second kappa shape index (κ2) is 25.2. The van der Waals surface area contributed by atoms with E-state index in [-0.39, 0.29) is 0 Å². The van der Waals surface area contributed by atoms with E-state index in [0.717, 1.165) is 130 Å². The Bertz CT molecular complexity index is 7820. The van der Waals surface area contributed by atoms with Crippen LogP contribution in [-0.4, -0.2) is 91.4 Å². The first-order valence-corrected chi connectivity index (χ1v) is 37.9. The third-order valence-corrected chi connectivity index (χ3v) is 23.6. The maximum absolute atomic E-state index is 8.01. The first-order chi connectivity index (χ1) is 56.8. The summed E-state index contributed by atoms with van der Waals surface area (Å²) in [7, 11) is 10.4. The van der Waals surface area contributed by atoms with Gasteiger partial charge in [0.15, 0.2) is 16.6 Å². The first kappa shape index (κ1) is 62.3. The molecule has 26 rings (SSSR count). The zero-order valence-corrected chi connectivity index (χ0v) is 62.8. The number of furan rings is 1. The Morgan fingerprint density at radius 3 is 1.31 bits per heavy atom. The molecular weight excluding hydrogens is 1430 g/mol. The lowest BCUT2D eigenvalue weighted by molar-refractivity contribution is -0.652. The largest absolute Gasteiger partial charge is 0.400 e. The number of para-hydroxylation sites is 2. The number of fused-ring (bicyclic) bond motifs is 31. The van der Waals surface area contributed by atoms with Crippen LogP contribution in [0.2, 0.25) is 0 Å². The van der Waals surface area contributed by atoms with Gasteiger partial charge < -0.3 is 4.42 Å². The molecule has 4 aliphatic rings. The van der Waals surface area contributed by atoms with Gasteiger partial charge in [-0.05, 0) is 128 Å². The predicted molar refractivity (Wildman–Crippen MR) is 435 cm³/mol. The molecule has 113 heavy (non-hydrogen) atoms. The summed E-state index contributed by atoms with van der Waals surface area (Å²) in [4.78, 5) is 50.8. The van der Waals surface area contributed by atoms with Crippen LogP contribution >= 0.6 is 11.3 Å². The van der Waals surface area contributed by atoms with Crippen LogP contribution in [0.5, 0.6) is 0 Å². The molecule has 4 aliphatic heterocycles. The number of imidazole rings is 5. The van der Waals surface area contributed by atoms with Crippen molar-refractivity contribution in [3.63, 3.8) is 0 Å². The first-order valence-electron chi connectivity index (χ1n) is 38.6. The van der Waals surface area contributed by atoms with Gasteiger partial charge in [-0.15, -0.1) is 0 Å². The Morgan fingerprint density at radius 2 is 0.770 bits per heavy atom. The molecule has 24 nitrogen and oxygen atoms in total. The quantitative estimate of drug-likeness (QED) is 0.151. The summed E-state index contributed by atoms with van der Waals surface area (Å²) in [5.41, 5.74) is 26.9. The monoisotopic (exact) mass is 1500 g/mol. The van der Waals surface area contributed by atoms with Crippen molar-refractivity contribution in [2.24, 2.45) is 42.2 Å². The van der Waals surface area contributed by atoms with Crippen molar-refractivity contribution in [3.05, 3.63) is 272 Å². The molecule has 0 radical (unpaired) electrons. The topological polar surface area (TPSA) is 210 Å². The van der Waals surface area contributed by atoms with E-state index in [0.29, 0.717) is 23.6 Å². The van der Waals surface area contributed by atoms with Gasteiger partial charge >= 0.3 is 5.71 Å². The SMILES string of the molecule is Cc1ccncc1-c1nc2sc3ncccc3c2n1-c1ccccc1.Cn1c2[n+](c3c1c1cccnc1n3-c1ccccc1)Cc1ccncc1-2.Cn1c2[n+](c3c1c1cccnc1n3C)Cc1ccncc1-2.Cn1c2[n+](c3oc4ncccc4c31)Cc1ccncc1-2.[2H]C([2H])([2H])n1c2ncccc2c2c1[n+]1c(n2C)-c2cnccc2C1. The lowest BCUT2D eigenvalue weighted by Gasteiger charge is -2.11. The summed E-state index contributed by atoms with van der Waals surface area (Å²) >= 11 is 1.63. The Hall–Kier alpha value is -14.6. The van der Waals surface area contributed by atoms with E-state index in [1.807, 2.05) is 160 Å². The van der Waals surface area contributed by atoms with E-state index in [9.17, 15) is 0 Å². The van der Waals surface area contributed by atoms with Gasteiger partial charge in [-0.2, -0.15) is 4.57 Å². The van der Waals surface area contributed by atoms with Crippen LogP contribution in [0.1, 0.15) is 31.9 Å². The molecule has 2 aromatic carbocycles. The average Bonchev–Trinajstić information content (AvgIpc) is 1.58. The summed E-state index contributed by atoms with van der Waals surface area (Å²) in [6, 6.07) is 51.2. The number of rotatable bonds is 3. The summed E-state index contributed by atoms with van der Waals surface area (Å²) in [6.07, 6.45) is 27.7. The number of hydrogen-bond donors (Lipinski definition) is 0. The van der Waals surface area contributed by atoms with Gasteiger partial charge in [-0.3, -0.25) is 43.2 Å². The molecule has 0 spiro atoms. The van der Waals surface area contributed by atoms with E-state index in [1.54, 1.807) is 29.9 Å². The number of hydrogen-bond acceptors (Lipinski definition) is 13. The highest BCUT2D eigenvalue weighted by Crippen LogP contribution is 2.42. The fraction of sp³-hybridized carbons (Fsp3) is 0.125. The number of pyridine rings is 10. The molecule has 0 saturated heterocycles. The van der Waals surface area contributed by atoms with Gasteiger partial charge in [0.1, 0.15) is 27.7 Å². The second-order valence-electron chi connectivity index (χ2n) is 28.7. The number of thiophene rings is 1. The predicted octanol–water partition coefficient (Wildman–Crippen LogP) is 13.8. The third kappa shape index (κ3) is 9.63. The lowest BCUT2D eigenvalue weighted by atomic mass is 10.1. The molecule has 0 unspecified atom stereocenters. The summed E-state index contributed by atoms with van der Waals surface area (Å²) < 4.78 is 55.8. The molecule has 0 amide bonds. The molecule has 544 valence electrons. The van der Waals surface area contributed by atoms with Crippen LogP contribution < -0.4 is 18.3 Å². The molecule has 25 heteroatoms. The van der Waals surface area contributed by atoms with Gasteiger partial charge in [-0.25, -0.2) is 61.9 Å². The van der Waals surface area contributed by atoms with Gasteiger partial charge in [-0.1, -0.05) is 47.7 Å². The smallest absolute Gasteiger partial charge is 0.341 e. The van der Waals surface area contributed by atoms with Gasteiger partial charge in [0, 0.05) is 132 Å². The molecule has 24 heterocycles. The fourth-order valence-electron chi connectivity index (χ4n) is 17.8. The highest BCUT2D eigenvalue weighted by molar-refractivity contribution is 7.25. The second-order valence-corrected chi connectivity index (χ2v) is 29.7. The van der Waals surface area contributed by atoms with Gasteiger partial charge in [0.25, 0.3) is 22.8 Å². The highest BCUT2D eigenvalue weighted by Gasteiger charge is 2.40. The molecule has 20 aromatic heterocycles. The van der Waals surface area contributed by atoms with Crippen molar-refractivity contribution >= 4 is 121 Å². The van der Waals surface area contributed by atoms with Crippen LogP contribution in [0.3, 0.4) is 0 Å². The van der Waals surface area contributed by atoms with Gasteiger partial charge in [0.2, 0.25) is 45.6 Å². The van der Waals surface area contributed by atoms with Crippen LogP contribution in [0.4, 0.5) is 0 Å². The molecule has 22 aromatic rings. The minimum atomic E-state index is -2.30. The molecule has 0 atom stereocenters. The normalized spacial score (nSPS) is 13.1. The minimum Gasteiger partial charge on any atom is -0.400 e. The third-order valence-electron chi connectivity index (χ3n) is 22.6. The van der Waals surface area contributed by atoms with Crippen LogP contribution in [0, 0.1) is 6.92 Å². The highest BCUT2D eigenvalue weighted by atomic mass is 32.1. The van der Waals surface area contributed by atoms with Crippen LogP contribution in [0.15, 0.2) is 249 Å². The van der Waals surface area contributed by atoms with Crippen molar-refractivity contribution in [1.82, 2.24) is 91.4 Å². The Morgan fingerprint density at radius 1 is 0.354 bits per heavy atom. The Kier molecular flexibility index (Phi) is 13.9. The van der Waals surface area contributed by atoms with E-state index >= 15 is 0 Å². The molecule has 0 bridgehead atoms. The zero-order chi connectivity index (χ0) is 78.1. The van der Waals surface area contributed by atoms with Crippen molar-refractivity contribution in [1.29, 1.82) is 0 Å². The van der Waals surface area contributed by atoms with Gasteiger partial charge in [0.05, 0.1) is 115 Å². The van der Waals surface area contributed by atoms with Crippen molar-refractivity contribution in [2.45, 2.75) is 33.1 Å². The Balaban J connectivity index is 0.0000000882. The summed E-state index contributed by atoms with van der Waals surface area (Å²) in [5.74, 6) is 5.47. The number of nitrogens with zero attached hydrogens (tertiary/aromatic N) is 23. The van der Waals surface area contributed by atoms with Crippen molar-refractivity contribution in [2.75, 3.05) is 0 Å². The molecule has 0 fully saturated rings. The maximum atomic E-state index is 8.01. The minimum absolute atomic E-state index is 0.488. The molecule has 0 saturated carbocycles. The van der Waals surface area contributed by atoms with Crippen molar-refractivity contribution in [3.8, 4) is 68.3 Å².